The van der Waals surface area contributed by atoms with Crippen LogP contribution < -0.4 is 5.32 Å². The van der Waals surface area contributed by atoms with E-state index in [2.05, 4.69) is 33.0 Å². The van der Waals surface area contributed by atoms with Crippen LogP contribution in [0.2, 0.25) is 0 Å². The van der Waals surface area contributed by atoms with Crippen LogP contribution in [0.15, 0.2) is 30.3 Å². The Hall–Kier alpha value is -1.84. The summed E-state index contributed by atoms with van der Waals surface area (Å²) < 4.78 is 0. The number of nitrogens with zero attached hydrogens (tertiary/aromatic N) is 1. The first kappa shape index (κ1) is 22.8. The van der Waals surface area contributed by atoms with E-state index in [9.17, 15) is 9.59 Å². The summed E-state index contributed by atoms with van der Waals surface area (Å²) in [4.78, 5) is 27.8. The van der Waals surface area contributed by atoms with Crippen molar-refractivity contribution in [2.75, 3.05) is 13.1 Å². The average Bonchev–Trinajstić information content (AvgIpc) is 2.75. The molecule has 2 aliphatic rings. The van der Waals surface area contributed by atoms with Gasteiger partial charge in [-0.15, -0.1) is 0 Å². The Morgan fingerprint density at radius 1 is 1.00 bits per heavy atom. The van der Waals surface area contributed by atoms with Crippen molar-refractivity contribution in [1.29, 1.82) is 0 Å². The predicted molar refractivity (Wildman–Crippen MR) is 122 cm³/mol. The monoisotopic (exact) mass is 412 g/mol. The summed E-state index contributed by atoms with van der Waals surface area (Å²) >= 11 is 0. The molecule has 1 atom stereocenters. The molecule has 1 N–H and O–H groups in total. The molecule has 166 valence electrons. The molecule has 2 amide bonds. The smallest absolute Gasteiger partial charge is 0.230 e. The van der Waals surface area contributed by atoms with E-state index in [1.807, 2.05) is 35.2 Å². The first-order valence-corrected chi connectivity index (χ1v) is 11.9. The molecule has 1 heterocycles. The van der Waals surface area contributed by atoms with Crippen LogP contribution >= 0.6 is 0 Å². The van der Waals surface area contributed by atoms with Crippen molar-refractivity contribution in [2.45, 2.75) is 84.6 Å². The minimum Gasteiger partial charge on any atom is -0.353 e. The molecule has 4 heteroatoms. The number of nitrogens with one attached hydrogen (secondary N) is 1. The van der Waals surface area contributed by atoms with E-state index in [4.69, 9.17) is 0 Å². The van der Waals surface area contributed by atoms with Gasteiger partial charge in [-0.2, -0.15) is 0 Å². The topological polar surface area (TPSA) is 49.4 Å². The third-order valence-electron chi connectivity index (χ3n) is 7.38. The summed E-state index contributed by atoms with van der Waals surface area (Å²) in [6.07, 6.45) is 6.89. The maximum atomic E-state index is 13.1. The number of carbonyl (C=O) groups is 2. The van der Waals surface area contributed by atoms with E-state index < -0.39 is 0 Å². The second kappa shape index (κ2) is 9.98. The van der Waals surface area contributed by atoms with E-state index in [1.54, 1.807) is 0 Å². The van der Waals surface area contributed by atoms with Gasteiger partial charge in [-0.05, 0) is 61.8 Å². The number of rotatable bonds is 5. The lowest BCUT2D eigenvalue weighted by Crippen LogP contribution is -2.49. The Morgan fingerprint density at radius 2 is 1.60 bits per heavy atom. The third kappa shape index (κ3) is 5.65. The molecule has 30 heavy (non-hydrogen) atoms. The summed E-state index contributed by atoms with van der Waals surface area (Å²) in [6.45, 7) is 10.5. The summed E-state index contributed by atoms with van der Waals surface area (Å²) in [5, 5.41) is 3.30. The molecule has 0 aromatic heterocycles. The summed E-state index contributed by atoms with van der Waals surface area (Å²) in [7, 11) is 0. The van der Waals surface area contributed by atoms with Crippen molar-refractivity contribution in [3.63, 3.8) is 0 Å². The van der Waals surface area contributed by atoms with Crippen LogP contribution in [0.1, 0.15) is 84.1 Å². The molecule has 3 rings (SSSR count). The Labute approximate surface area is 182 Å². The summed E-state index contributed by atoms with van der Waals surface area (Å²) in [5.74, 6) is 1.31. The lowest BCUT2D eigenvalue weighted by atomic mass is 9.69. The second-order valence-corrected chi connectivity index (χ2v) is 10.4. The SMILES string of the molecule is CCC(C(=O)N1CCC(NC(=O)C2CCC(C(C)(C)C)CC2)CC1)c1ccccc1. The van der Waals surface area contributed by atoms with Crippen molar-refractivity contribution >= 4 is 11.8 Å². The third-order valence-corrected chi connectivity index (χ3v) is 7.38. The van der Waals surface area contributed by atoms with Gasteiger partial charge in [0.1, 0.15) is 0 Å². The van der Waals surface area contributed by atoms with Crippen LogP contribution in [0.25, 0.3) is 0 Å². The molecule has 1 unspecified atom stereocenters. The Bertz CT molecular complexity index is 693. The normalized spacial score (nSPS) is 24.3. The quantitative estimate of drug-likeness (QED) is 0.728. The average molecular weight is 413 g/mol. The molecule has 1 aromatic rings. The minimum atomic E-state index is -0.0599. The molecular weight excluding hydrogens is 372 g/mol. The Kier molecular flexibility index (Phi) is 7.60. The van der Waals surface area contributed by atoms with Crippen LogP contribution in [-0.2, 0) is 9.59 Å². The standard InChI is InChI=1S/C26H40N2O2/c1-5-23(19-9-7-6-8-10-19)25(30)28-17-15-22(16-18-28)27-24(29)20-11-13-21(14-12-20)26(2,3)4/h6-10,20-23H,5,11-18H2,1-4H3,(H,27,29). The summed E-state index contributed by atoms with van der Waals surface area (Å²) in [5.41, 5.74) is 1.45. The van der Waals surface area contributed by atoms with E-state index in [0.29, 0.717) is 5.41 Å². The van der Waals surface area contributed by atoms with E-state index in [-0.39, 0.29) is 29.7 Å². The molecule has 1 aromatic carbocycles. The Morgan fingerprint density at radius 3 is 2.13 bits per heavy atom. The number of hydrogen-bond donors (Lipinski definition) is 1. The van der Waals surface area contributed by atoms with Crippen molar-refractivity contribution in [1.82, 2.24) is 10.2 Å². The van der Waals surface area contributed by atoms with Crippen LogP contribution in [0.5, 0.6) is 0 Å². The van der Waals surface area contributed by atoms with E-state index in [0.717, 1.165) is 69.5 Å². The van der Waals surface area contributed by atoms with Crippen molar-refractivity contribution in [3.8, 4) is 0 Å². The molecular formula is C26H40N2O2. The van der Waals surface area contributed by atoms with Crippen LogP contribution in [0, 0.1) is 17.3 Å². The van der Waals surface area contributed by atoms with Gasteiger partial charge in [0.2, 0.25) is 11.8 Å². The maximum absolute atomic E-state index is 13.1. The number of carbonyl (C=O) groups excluding carboxylic acids is 2. The lowest BCUT2D eigenvalue weighted by molar-refractivity contribution is -0.134. The van der Waals surface area contributed by atoms with Crippen molar-refractivity contribution < 1.29 is 9.59 Å². The van der Waals surface area contributed by atoms with Crippen molar-refractivity contribution in [3.05, 3.63) is 35.9 Å². The number of amides is 2. The number of piperidine rings is 1. The minimum absolute atomic E-state index is 0.0599. The highest BCUT2D eigenvalue weighted by Crippen LogP contribution is 2.39. The summed E-state index contributed by atoms with van der Waals surface area (Å²) in [6, 6.07) is 10.3. The second-order valence-electron chi connectivity index (χ2n) is 10.4. The van der Waals surface area contributed by atoms with Gasteiger partial charge in [-0.3, -0.25) is 9.59 Å². The van der Waals surface area contributed by atoms with Gasteiger partial charge < -0.3 is 10.2 Å². The van der Waals surface area contributed by atoms with Crippen LogP contribution in [-0.4, -0.2) is 35.8 Å². The van der Waals surface area contributed by atoms with Gasteiger partial charge in [0.15, 0.2) is 0 Å². The van der Waals surface area contributed by atoms with Crippen LogP contribution in [0.4, 0.5) is 0 Å². The molecule has 1 saturated heterocycles. The molecule has 1 saturated carbocycles. The van der Waals surface area contributed by atoms with Crippen LogP contribution in [0.3, 0.4) is 0 Å². The highest BCUT2D eigenvalue weighted by atomic mass is 16.2. The fourth-order valence-corrected chi connectivity index (χ4v) is 5.24. The fraction of sp³-hybridized carbons (Fsp3) is 0.692. The van der Waals surface area contributed by atoms with Gasteiger partial charge in [0.05, 0.1) is 5.92 Å². The van der Waals surface area contributed by atoms with E-state index >= 15 is 0 Å². The molecule has 1 aliphatic carbocycles. The first-order valence-electron chi connectivity index (χ1n) is 11.9. The van der Waals surface area contributed by atoms with Gasteiger partial charge >= 0.3 is 0 Å². The van der Waals surface area contributed by atoms with Gasteiger partial charge in [0, 0.05) is 25.0 Å². The molecule has 0 spiro atoms. The van der Waals surface area contributed by atoms with Crippen molar-refractivity contribution in [2.24, 2.45) is 17.3 Å². The van der Waals surface area contributed by atoms with Gasteiger partial charge in [-0.1, -0.05) is 58.0 Å². The van der Waals surface area contributed by atoms with Gasteiger partial charge in [-0.25, -0.2) is 0 Å². The van der Waals surface area contributed by atoms with Gasteiger partial charge in [0.25, 0.3) is 0 Å². The molecule has 4 nitrogen and oxygen atoms in total. The molecule has 0 bridgehead atoms. The zero-order chi connectivity index (χ0) is 21.7. The highest BCUT2D eigenvalue weighted by Gasteiger charge is 2.34. The zero-order valence-corrected chi connectivity index (χ0v) is 19.3. The molecule has 1 aliphatic heterocycles. The molecule has 0 radical (unpaired) electrons. The van der Waals surface area contributed by atoms with E-state index in [1.165, 1.54) is 0 Å². The largest absolute Gasteiger partial charge is 0.353 e. The number of likely N-dealkylation sites (tertiary alicyclic amines) is 1. The fourth-order valence-electron chi connectivity index (χ4n) is 5.24. The highest BCUT2D eigenvalue weighted by molar-refractivity contribution is 5.84. The maximum Gasteiger partial charge on any atom is 0.230 e. The Balaban J connectivity index is 1.45. The first-order chi connectivity index (χ1) is 14.3. The molecule has 2 fully saturated rings. The zero-order valence-electron chi connectivity index (χ0n) is 19.3. The predicted octanol–water partition coefficient (Wildman–Crippen LogP) is 5.14. The number of benzene rings is 1. The lowest BCUT2D eigenvalue weighted by Gasteiger charge is -2.38. The number of hydrogen-bond acceptors (Lipinski definition) is 2.